The Morgan fingerprint density at radius 1 is 1.63 bits per heavy atom. The molecule has 0 fully saturated rings. The molecule has 0 aromatic carbocycles. The van der Waals surface area contributed by atoms with Crippen molar-refractivity contribution in [1.29, 1.82) is 0 Å². The van der Waals surface area contributed by atoms with Crippen molar-refractivity contribution in [2.24, 2.45) is 0 Å². The third-order valence-corrected chi connectivity index (χ3v) is 3.21. The lowest BCUT2D eigenvalue weighted by molar-refractivity contribution is -0.116. The van der Waals surface area contributed by atoms with Gasteiger partial charge in [-0.2, -0.15) is 5.10 Å². The number of carbonyl (C=O) groups is 1. The monoisotopic (exact) mass is 262 g/mol. The van der Waals surface area contributed by atoms with Gasteiger partial charge in [-0.05, 0) is 12.1 Å². The van der Waals surface area contributed by atoms with Crippen LogP contribution in [0.1, 0.15) is 23.7 Å². The number of rotatable bonds is 3. The molecule has 7 heteroatoms. The number of amides is 1. The van der Waals surface area contributed by atoms with Crippen LogP contribution in [0, 0.1) is 0 Å². The Morgan fingerprint density at radius 3 is 3.16 bits per heavy atom. The lowest BCUT2D eigenvalue weighted by Gasteiger charge is -2.22. The van der Waals surface area contributed by atoms with Gasteiger partial charge in [-0.1, -0.05) is 0 Å². The van der Waals surface area contributed by atoms with Crippen LogP contribution in [-0.4, -0.2) is 27.4 Å². The summed E-state index contributed by atoms with van der Waals surface area (Å²) >= 11 is 0. The molecule has 0 bridgehead atoms. The Morgan fingerprint density at radius 2 is 2.47 bits per heavy atom. The number of nitrogens with zero attached hydrogens (tertiary/aromatic N) is 2. The van der Waals surface area contributed by atoms with Gasteiger partial charge < -0.3 is 20.6 Å². The van der Waals surface area contributed by atoms with Gasteiger partial charge in [-0.25, -0.2) is 4.68 Å². The zero-order valence-electron chi connectivity index (χ0n) is 10.2. The van der Waals surface area contributed by atoms with Gasteiger partial charge in [-0.3, -0.25) is 4.79 Å². The normalized spacial score (nSPS) is 18.2. The van der Waals surface area contributed by atoms with E-state index in [1.807, 2.05) is 6.07 Å². The van der Waals surface area contributed by atoms with Crippen LogP contribution in [0.2, 0.25) is 0 Å². The maximum atomic E-state index is 11.8. The van der Waals surface area contributed by atoms with Gasteiger partial charge in [0, 0.05) is 12.0 Å². The minimum Gasteiger partial charge on any atom is -0.469 e. The van der Waals surface area contributed by atoms with Crippen LogP contribution in [0.5, 0.6) is 0 Å². The highest BCUT2D eigenvalue weighted by atomic mass is 16.3. The first kappa shape index (κ1) is 11.8. The van der Waals surface area contributed by atoms with Crippen LogP contribution in [0.15, 0.2) is 22.8 Å². The molecule has 1 amide bonds. The molecule has 0 spiro atoms. The number of aliphatic hydroxyl groups is 1. The van der Waals surface area contributed by atoms with Gasteiger partial charge in [0.2, 0.25) is 5.91 Å². The second-order valence-electron chi connectivity index (χ2n) is 4.41. The number of nitrogens with two attached hydrogens (primary N) is 1. The molecule has 1 atom stereocenters. The number of hydrogen-bond donors (Lipinski definition) is 3. The van der Waals surface area contributed by atoms with Crippen molar-refractivity contribution in [3.05, 3.63) is 29.7 Å². The highest BCUT2D eigenvalue weighted by Crippen LogP contribution is 2.40. The molecule has 7 nitrogen and oxygen atoms in total. The number of fused-ring (bicyclic) bond motifs is 1. The Labute approximate surface area is 109 Å². The summed E-state index contributed by atoms with van der Waals surface area (Å²) in [5.74, 6) is 1.24. The van der Waals surface area contributed by atoms with Gasteiger partial charge in [0.05, 0.1) is 25.3 Å². The SMILES string of the molecule is Nc1nn(CCO)c2c1[C@H](c1ccco1)CC(=O)N2. The number of aliphatic hydroxyl groups excluding tert-OH is 1. The fraction of sp³-hybridized carbons (Fsp3) is 0.333. The lowest BCUT2D eigenvalue weighted by atomic mass is 9.91. The van der Waals surface area contributed by atoms with E-state index >= 15 is 0 Å². The standard InChI is InChI=1S/C12H14N4O3/c13-11-10-7(8-2-1-5-19-8)6-9(18)14-12(10)16(15-11)3-4-17/h1-2,5,7,17H,3-4,6H2,(H2,13,15)(H,14,18)/t7-/m0/s1. The van der Waals surface area contributed by atoms with Crippen LogP contribution in [0.25, 0.3) is 0 Å². The van der Waals surface area contributed by atoms with E-state index in [1.165, 1.54) is 4.68 Å². The van der Waals surface area contributed by atoms with Crippen molar-refractivity contribution in [3.63, 3.8) is 0 Å². The topological polar surface area (TPSA) is 106 Å². The Hall–Kier alpha value is -2.28. The van der Waals surface area contributed by atoms with Crippen LogP contribution in [0.3, 0.4) is 0 Å². The highest BCUT2D eigenvalue weighted by Gasteiger charge is 2.34. The van der Waals surface area contributed by atoms with Gasteiger partial charge in [0.15, 0.2) is 5.82 Å². The summed E-state index contributed by atoms with van der Waals surface area (Å²) in [5.41, 5.74) is 6.68. The second kappa shape index (κ2) is 4.43. The van der Waals surface area contributed by atoms with Crippen LogP contribution in [-0.2, 0) is 11.3 Å². The number of furan rings is 1. The second-order valence-corrected chi connectivity index (χ2v) is 4.41. The van der Waals surface area contributed by atoms with Crippen molar-refractivity contribution in [2.75, 3.05) is 17.7 Å². The first-order chi connectivity index (χ1) is 9.20. The molecule has 0 unspecified atom stereocenters. The molecule has 1 aliphatic heterocycles. The molecule has 0 radical (unpaired) electrons. The Kier molecular flexibility index (Phi) is 2.75. The van der Waals surface area contributed by atoms with E-state index in [0.717, 1.165) is 5.56 Å². The molecule has 4 N–H and O–H groups in total. The van der Waals surface area contributed by atoms with E-state index in [1.54, 1.807) is 12.3 Å². The van der Waals surface area contributed by atoms with Crippen LogP contribution >= 0.6 is 0 Å². The van der Waals surface area contributed by atoms with Gasteiger partial charge >= 0.3 is 0 Å². The number of anilines is 2. The first-order valence-corrected chi connectivity index (χ1v) is 6.01. The zero-order chi connectivity index (χ0) is 13.4. The van der Waals surface area contributed by atoms with Crippen molar-refractivity contribution < 1.29 is 14.3 Å². The minimum atomic E-state index is -0.230. The van der Waals surface area contributed by atoms with Crippen molar-refractivity contribution in [3.8, 4) is 0 Å². The minimum absolute atomic E-state index is 0.0746. The summed E-state index contributed by atoms with van der Waals surface area (Å²) in [6, 6.07) is 3.59. The summed E-state index contributed by atoms with van der Waals surface area (Å²) in [5, 5.41) is 15.9. The Bertz CT molecular complexity index is 603. The maximum absolute atomic E-state index is 11.8. The zero-order valence-corrected chi connectivity index (χ0v) is 10.2. The third-order valence-electron chi connectivity index (χ3n) is 3.21. The number of carbonyl (C=O) groups excluding carboxylic acids is 1. The molecule has 2 aromatic heterocycles. The fourth-order valence-corrected chi connectivity index (χ4v) is 2.43. The average Bonchev–Trinajstić information content (AvgIpc) is 2.99. The fourth-order valence-electron chi connectivity index (χ4n) is 2.43. The van der Waals surface area contributed by atoms with Crippen molar-refractivity contribution in [2.45, 2.75) is 18.9 Å². The third kappa shape index (κ3) is 1.88. The van der Waals surface area contributed by atoms with E-state index in [9.17, 15) is 4.79 Å². The molecule has 3 rings (SSSR count). The number of aromatic nitrogens is 2. The van der Waals surface area contributed by atoms with E-state index in [0.29, 0.717) is 17.4 Å². The summed E-state index contributed by atoms with van der Waals surface area (Å²) in [4.78, 5) is 11.8. The molecule has 0 saturated carbocycles. The molecule has 0 saturated heterocycles. The molecule has 0 aliphatic carbocycles. The van der Waals surface area contributed by atoms with Gasteiger partial charge in [0.1, 0.15) is 11.6 Å². The first-order valence-electron chi connectivity index (χ1n) is 6.01. The van der Waals surface area contributed by atoms with Gasteiger partial charge in [-0.15, -0.1) is 0 Å². The van der Waals surface area contributed by atoms with E-state index in [-0.39, 0.29) is 31.4 Å². The van der Waals surface area contributed by atoms with Crippen molar-refractivity contribution >= 4 is 17.5 Å². The van der Waals surface area contributed by atoms with E-state index < -0.39 is 0 Å². The molecule has 100 valence electrons. The van der Waals surface area contributed by atoms with E-state index in [4.69, 9.17) is 15.3 Å². The predicted molar refractivity (Wildman–Crippen MR) is 67.5 cm³/mol. The molecule has 1 aliphatic rings. The largest absolute Gasteiger partial charge is 0.469 e. The number of nitrogens with one attached hydrogen (secondary N) is 1. The number of hydrogen-bond acceptors (Lipinski definition) is 5. The van der Waals surface area contributed by atoms with Crippen LogP contribution in [0.4, 0.5) is 11.6 Å². The summed E-state index contributed by atoms with van der Waals surface area (Å²) in [6.45, 7) is 0.208. The lowest BCUT2D eigenvalue weighted by Crippen LogP contribution is -2.25. The van der Waals surface area contributed by atoms with Crippen LogP contribution < -0.4 is 11.1 Å². The maximum Gasteiger partial charge on any atom is 0.226 e. The van der Waals surface area contributed by atoms with Crippen molar-refractivity contribution in [1.82, 2.24) is 9.78 Å². The molecule has 2 aromatic rings. The average molecular weight is 262 g/mol. The summed E-state index contributed by atoms with van der Waals surface area (Å²) < 4.78 is 6.89. The quantitative estimate of drug-likeness (QED) is 0.747. The summed E-state index contributed by atoms with van der Waals surface area (Å²) in [6.07, 6.45) is 1.84. The summed E-state index contributed by atoms with van der Waals surface area (Å²) in [7, 11) is 0. The highest BCUT2D eigenvalue weighted by molar-refractivity contribution is 5.95. The Balaban J connectivity index is 2.10. The van der Waals surface area contributed by atoms with Gasteiger partial charge in [0.25, 0.3) is 0 Å². The smallest absolute Gasteiger partial charge is 0.226 e. The molecular weight excluding hydrogens is 248 g/mol. The van der Waals surface area contributed by atoms with E-state index in [2.05, 4.69) is 10.4 Å². The predicted octanol–water partition coefficient (Wildman–Crippen LogP) is 0.525. The number of nitrogen functional groups attached to an aromatic ring is 1. The molecule has 3 heterocycles. The molecular formula is C12H14N4O3. The molecule has 19 heavy (non-hydrogen) atoms.